The normalized spacial score (nSPS) is 20.9. The maximum Gasteiger partial charge on any atom is 0.119 e. The average molecular weight is 218 g/mol. The topological polar surface area (TPSA) is 38.5 Å². The van der Waals surface area contributed by atoms with Crippen LogP contribution in [0.3, 0.4) is 0 Å². The van der Waals surface area contributed by atoms with Crippen LogP contribution in [0, 0.1) is 0 Å². The van der Waals surface area contributed by atoms with Crippen molar-refractivity contribution in [3.05, 3.63) is 36.9 Å². The predicted molar refractivity (Wildman–Crippen MR) is 66.5 cm³/mol. The number of nitrogens with two attached hydrogens (primary N) is 1. The van der Waals surface area contributed by atoms with Crippen molar-refractivity contribution in [2.45, 2.75) is 12.5 Å². The van der Waals surface area contributed by atoms with E-state index < -0.39 is 0 Å². The van der Waals surface area contributed by atoms with Gasteiger partial charge in [0.15, 0.2) is 0 Å². The Morgan fingerprint density at radius 1 is 1.44 bits per heavy atom. The van der Waals surface area contributed by atoms with Gasteiger partial charge in [-0.05, 0) is 30.7 Å². The Kier molecular flexibility index (Phi) is 3.47. The van der Waals surface area contributed by atoms with Crippen LogP contribution in [0.25, 0.3) is 0 Å². The number of hydrogen-bond donors (Lipinski definition) is 1. The zero-order valence-corrected chi connectivity index (χ0v) is 9.43. The summed E-state index contributed by atoms with van der Waals surface area (Å²) in [4.78, 5) is 2.34. The molecule has 1 aromatic carbocycles. The van der Waals surface area contributed by atoms with Gasteiger partial charge in [-0.15, -0.1) is 6.58 Å². The molecule has 0 radical (unpaired) electrons. The zero-order valence-electron chi connectivity index (χ0n) is 9.43. The maximum absolute atomic E-state index is 5.88. The van der Waals surface area contributed by atoms with E-state index in [0.29, 0.717) is 6.10 Å². The molecule has 1 aliphatic heterocycles. The van der Waals surface area contributed by atoms with Gasteiger partial charge in [-0.25, -0.2) is 0 Å². The number of benzene rings is 1. The molecule has 3 nitrogen and oxygen atoms in total. The highest BCUT2D eigenvalue weighted by molar-refractivity contribution is 5.41. The number of likely N-dealkylation sites (tertiary alicyclic amines) is 1. The van der Waals surface area contributed by atoms with Crippen LogP contribution in [-0.4, -0.2) is 30.6 Å². The molecule has 0 saturated carbocycles. The Morgan fingerprint density at radius 2 is 2.19 bits per heavy atom. The van der Waals surface area contributed by atoms with Crippen LogP contribution in [0.5, 0.6) is 5.75 Å². The van der Waals surface area contributed by atoms with Crippen LogP contribution in [0.2, 0.25) is 0 Å². The molecule has 86 valence electrons. The molecule has 1 unspecified atom stereocenters. The van der Waals surface area contributed by atoms with Crippen molar-refractivity contribution in [1.29, 1.82) is 0 Å². The van der Waals surface area contributed by atoms with E-state index >= 15 is 0 Å². The van der Waals surface area contributed by atoms with Crippen LogP contribution in [0.4, 0.5) is 5.69 Å². The van der Waals surface area contributed by atoms with Gasteiger partial charge in [0, 0.05) is 25.3 Å². The van der Waals surface area contributed by atoms with E-state index in [2.05, 4.69) is 11.5 Å². The summed E-state index contributed by atoms with van der Waals surface area (Å²) in [6.07, 6.45) is 3.31. The molecule has 0 amide bonds. The third-order valence-corrected chi connectivity index (χ3v) is 2.80. The van der Waals surface area contributed by atoms with Crippen molar-refractivity contribution in [2.24, 2.45) is 0 Å². The number of anilines is 1. The Morgan fingerprint density at radius 3 is 2.88 bits per heavy atom. The highest BCUT2D eigenvalue weighted by Crippen LogP contribution is 2.19. The fraction of sp³-hybridized carbons (Fsp3) is 0.385. The second-order valence-corrected chi connectivity index (χ2v) is 4.15. The molecule has 0 aliphatic carbocycles. The van der Waals surface area contributed by atoms with Gasteiger partial charge in [0.05, 0.1) is 0 Å². The first-order valence-electron chi connectivity index (χ1n) is 5.63. The summed E-state index contributed by atoms with van der Waals surface area (Å²) < 4.78 is 5.88. The standard InChI is InChI=1S/C13H18N2O/c1-2-8-15-9-7-13(10-15)16-12-5-3-11(14)4-6-12/h2-6,13H,1,7-10,14H2. The second kappa shape index (κ2) is 5.03. The molecule has 1 heterocycles. The van der Waals surface area contributed by atoms with E-state index in [4.69, 9.17) is 10.5 Å². The highest BCUT2D eigenvalue weighted by atomic mass is 16.5. The lowest BCUT2D eigenvalue weighted by atomic mass is 10.3. The van der Waals surface area contributed by atoms with Crippen LogP contribution >= 0.6 is 0 Å². The van der Waals surface area contributed by atoms with Crippen LogP contribution in [0.1, 0.15) is 6.42 Å². The quantitative estimate of drug-likeness (QED) is 0.619. The van der Waals surface area contributed by atoms with E-state index in [1.54, 1.807) is 0 Å². The van der Waals surface area contributed by atoms with E-state index in [1.165, 1.54) is 0 Å². The van der Waals surface area contributed by atoms with Gasteiger partial charge in [-0.2, -0.15) is 0 Å². The smallest absolute Gasteiger partial charge is 0.119 e. The van der Waals surface area contributed by atoms with Crippen molar-refractivity contribution in [3.63, 3.8) is 0 Å². The SMILES string of the molecule is C=CCN1CCC(Oc2ccc(N)cc2)C1. The Bertz CT molecular complexity index is 347. The molecule has 1 aliphatic rings. The predicted octanol–water partition coefficient (Wildman–Crippen LogP) is 1.91. The second-order valence-electron chi connectivity index (χ2n) is 4.15. The molecule has 1 saturated heterocycles. The molecule has 1 aromatic rings. The summed E-state index contributed by atoms with van der Waals surface area (Å²) in [6, 6.07) is 7.58. The highest BCUT2D eigenvalue weighted by Gasteiger charge is 2.22. The number of hydrogen-bond acceptors (Lipinski definition) is 3. The fourth-order valence-corrected chi connectivity index (χ4v) is 1.98. The molecule has 0 spiro atoms. The number of rotatable bonds is 4. The van der Waals surface area contributed by atoms with Gasteiger partial charge in [-0.3, -0.25) is 4.90 Å². The third-order valence-electron chi connectivity index (χ3n) is 2.80. The largest absolute Gasteiger partial charge is 0.489 e. The third kappa shape index (κ3) is 2.76. The van der Waals surface area contributed by atoms with E-state index in [-0.39, 0.29) is 0 Å². The van der Waals surface area contributed by atoms with Gasteiger partial charge in [0.2, 0.25) is 0 Å². The fourth-order valence-electron chi connectivity index (χ4n) is 1.98. The van der Waals surface area contributed by atoms with Crippen molar-refractivity contribution < 1.29 is 4.74 Å². The summed E-state index contributed by atoms with van der Waals surface area (Å²) in [5.41, 5.74) is 6.39. The molecule has 1 atom stereocenters. The summed E-state index contributed by atoms with van der Waals surface area (Å²) in [5.74, 6) is 0.902. The first-order chi connectivity index (χ1) is 7.78. The van der Waals surface area contributed by atoms with Crippen LogP contribution < -0.4 is 10.5 Å². The zero-order chi connectivity index (χ0) is 11.4. The van der Waals surface area contributed by atoms with Crippen LogP contribution in [0.15, 0.2) is 36.9 Å². The summed E-state index contributed by atoms with van der Waals surface area (Å²) in [6.45, 7) is 6.76. The minimum absolute atomic E-state index is 0.295. The van der Waals surface area contributed by atoms with E-state index in [9.17, 15) is 0 Å². The molecule has 0 bridgehead atoms. The van der Waals surface area contributed by atoms with Crippen molar-refractivity contribution in [2.75, 3.05) is 25.4 Å². The average Bonchev–Trinajstić information content (AvgIpc) is 2.70. The van der Waals surface area contributed by atoms with E-state index in [0.717, 1.165) is 37.5 Å². The molecule has 2 N–H and O–H groups in total. The Hall–Kier alpha value is -1.48. The van der Waals surface area contributed by atoms with Crippen molar-refractivity contribution >= 4 is 5.69 Å². The van der Waals surface area contributed by atoms with Crippen LogP contribution in [-0.2, 0) is 0 Å². The molecule has 2 rings (SSSR count). The maximum atomic E-state index is 5.88. The first-order valence-corrected chi connectivity index (χ1v) is 5.63. The number of nitrogens with zero attached hydrogens (tertiary/aromatic N) is 1. The van der Waals surface area contributed by atoms with Crippen molar-refractivity contribution in [3.8, 4) is 5.75 Å². The monoisotopic (exact) mass is 218 g/mol. The number of nitrogen functional groups attached to an aromatic ring is 1. The van der Waals surface area contributed by atoms with Gasteiger partial charge < -0.3 is 10.5 Å². The van der Waals surface area contributed by atoms with Gasteiger partial charge in [0.25, 0.3) is 0 Å². The Balaban J connectivity index is 1.87. The van der Waals surface area contributed by atoms with Gasteiger partial charge in [0.1, 0.15) is 11.9 Å². The van der Waals surface area contributed by atoms with Gasteiger partial charge >= 0.3 is 0 Å². The molecule has 0 aromatic heterocycles. The van der Waals surface area contributed by atoms with E-state index in [1.807, 2.05) is 30.3 Å². The lowest BCUT2D eigenvalue weighted by Crippen LogP contribution is -2.24. The number of ether oxygens (including phenoxy) is 1. The lowest BCUT2D eigenvalue weighted by Gasteiger charge is -2.15. The summed E-state index contributed by atoms with van der Waals surface area (Å²) in [5, 5.41) is 0. The summed E-state index contributed by atoms with van der Waals surface area (Å²) in [7, 11) is 0. The van der Waals surface area contributed by atoms with Crippen molar-refractivity contribution in [1.82, 2.24) is 4.90 Å². The molecular formula is C13H18N2O. The molecular weight excluding hydrogens is 200 g/mol. The summed E-state index contributed by atoms with van der Waals surface area (Å²) >= 11 is 0. The first kappa shape index (κ1) is 11.0. The minimum atomic E-state index is 0.295. The molecule has 16 heavy (non-hydrogen) atoms. The lowest BCUT2D eigenvalue weighted by molar-refractivity contribution is 0.204. The molecule has 1 fully saturated rings. The Labute approximate surface area is 96.5 Å². The van der Waals surface area contributed by atoms with Gasteiger partial charge in [-0.1, -0.05) is 6.08 Å². The molecule has 3 heteroatoms. The minimum Gasteiger partial charge on any atom is -0.489 e.